The maximum Gasteiger partial charge on any atom is 0.417 e. The molecule has 2 atom stereocenters. The van der Waals surface area contributed by atoms with Crippen LogP contribution in [0.25, 0.3) is 0 Å². The number of benzene rings is 1. The Hall–Kier alpha value is -1.12. The van der Waals surface area contributed by atoms with E-state index in [0.717, 1.165) is 25.0 Å². The van der Waals surface area contributed by atoms with Crippen LogP contribution in [0.5, 0.6) is 0 Å². The van der Waals surface area contributed by atoms with E-state index in [1.54, 1.807) is 0 Å². The predicted octanol–water partition coefficient (Wildman–Crippen LogP) is 2.22. The fourth-order valence-corrected chi connectivity index (χ4v) is 4.91. The minimum absolute atomic E-state index is 0.0281. The predicted molar refractivity (Wildman–Crippen MR) is 74.8 cm³/mol. The largest absolute Gasteiger partial charge is 0.417 e. The van der Waals surface area contributed by atoms with E-state index >= 15 is 0 Å². The van der Waals surface area contributed by atoms with Crippen LogP contribution in [0.3, 0.4) is 0 Å². The third-order valence-electron chi connectivity index (χ3n) is 4.30. The van der Waals surface area contributed by atoms with Crippen molar-refractivity contribution in [3.05, 3.63) is 29.8 Å². The second-order valence-electron chi connectivity index (χ2n) is 5.78. The van der Waals surface area contributed by atoms with Gasteiger partial charge in [0.15, 0.2) is 0 Å². The highest BCUT2D eigenvalue weighted by molar-refractivity contribution is 7.89. The quantitative estimate of drug-likeness (QED) is 0.902. The van der Waals surface area contributed by atoms with Gasteiger partial charge in [0.2, 0.25) is 10.0 Å². The Morgan fingerprint density at radius 1 is 1.09 bits per heavy atom. The first-order valence-corrected chi connectivity index (χ1v) is 8.65. The lowest BCUT2D eigenvalue weighted by atomic mass is 10.1. The summed E-state index contributed by atoms with van der Waals surface area (Å²) >= 11 is 0. The minimum atomic E-state index is -4.69. The van der Waals surface area contributed by atoms with E-state index in [9.17, 15) is 21.6 Å². The first-order valence-electron chi connectivity index (χ1n) is 7.21. The first-order chi connectivity index (χ1) is 10.3. The van der Waals surface area contributed by atoms with E-state index in [1.165, 1.54) is 16.4 Å². The lowest BCUT2D eigenvalue weighted by Gasteiger charge is -2.25. The molecule has 2 aliphatic rings. The van der Waals surface area contributed by atoms with E-state index < -0.39 is 26.7 Å². The molecule has 2 aliphatic heterocycles. The Morgan fingerprint density at radius 2 is 1.77 bits per heavy atom. The molecule has 2 fully saturated rings. The van der Waals surface area contributed by atoms with E-state index in [1.807, 2.05) is 0 Å². The van der Waals surface area contributed by atoms with Gasteiger partial charge in [-0.05, 0) is 31.4 Å². The fraction of sp³-hybridized carbons (Fsp3) is 0.571. The smallest absolute Gasteiger partial charge is 0.310 e. The van der Waals surface area contributed by atoms with Crippen LogP contribution in [-0.2, 0) is 16.2 Å². The maximum absolute atomic E-state index is 13.1. The van der Waals surface area contributed by atoms with Crippen LogP contribution in [0.4, 0.5) is 13.2 Å². The molecule has 8 heteroatoms. The lowest BCUT2D eigenvalue weighted by Crippen LogP contribution is -2.39. The van der Waals surface area contributed by atoms with Crippen molar-refractivity contribution in [3.8, 4) is 0 Å². The van der Waals surface area contributed by atoms with E-state index in [4.69, 9.17) is 0 Å². The molecule has 0 spiro atoms. The fourth-order valence-electron chi connectivity index (χ4n) is 3.19. The normalized spacial score (nSPS) is 26.9. The number of hydrogen-bond donors (Lipinski definition) is 1. The number of fused-ring (bicyclic) bond motifs is 2. The van der Waals surface area contributed by atoms with Crippen LogP contribution in [0.15, 0.2) is 29.2 Å². The van der Waals surface area contributed by atoms with Crippen molar-refractivity contribution in [2.45, 2.75) is 42.4 Å². The summed E-state index contributed by atoms with van der Waals surface area (Å²) in [5.74, 6) is 0. The molecular weight excluding hydrogens is 317 g/mol. The van der Waals surface area contributed by atoms with Gasteiger partial charge < -0.3 is 5.32 Å². The van der Waals surface area contributed by atoms with E-state index in [0.29, 0.717) is 6.42 Å². The second kappa shape index (κ2) is 5.50. The Bertz CT molecular complexity index is 660. The van der Waals surface area contributed by atoms with Gasteiger partial charge in [0.1, 0.15) is 0 Å². The Morgan fingerprint density at radius 3 is 2.50 bits per heavy atom. The van der Waals surface area contributed by atoms with Crippen molar-refractivity contribution < 1.29 is 21.6 Å². The van der Waals surface area contributed by atoms with Gasteiger partial charge in [-0.1, -0.05) is 12.1 Å². The average molecular weight is 334 g/mol. The molecule has 22 heavy (non-hydrogen) atoms. The number of nitrogens with zero attached hydrogens (tertiary/aromatic N) is 1. The Balaban J connectivity index is 1.97. The zero-order chi connectivity index (χ0) is 16.0. The topological polar surface area (TPSA) is 49.4 Å². The third kappa shape index (κ3) is 2.87. The third-order valence-corrected chi connectivity index (χ3v) is 6.22. The zero-order valence-electron chi connectivity index (χ0n) is 11.8. The van der Waals surface area contributed by atoms with Gasteiger partial charge in [-0.25, -0.2) is 8.42 Å². The maximum atomic E-state index is 13.1. The summed E-state index contributed by atoms with van der Waals surface area (Å²) in [7, 11) is -4.15. The van der Waals surface area contributed by atoms with Gasteiger partial charge >= 0.3 is 6.18 Å². The number of sulfonamides is 1. The highest BCUT2D eigenvalue weighted by Gasteiger charge is 2.40. The SMILES string of the molecule is O=S(=O)(c1ccccc1C(F)(F)F)N1CCC2CCC(C1)N2. The summed E-state index contributed by atoms with van der Waals surface area (Å²) in [5.41, 5.74) is -1.10. The monoisotopic (exact) mass is 334 g/mol. The molecule has 0 amide bonds. The van der Waals surface area contributed by atoms with Crippen LogP contribution in [-0.4, -0.2) is 37.9 Å². The van der Waals surface area contributed by atoms with Crippen LogP contribution < -0.4 is 5.32 Å². The van der Waals surface area contributed by atoms with Crippen molar-refractivity contribution in [1.29, 1.82) is 0 Å². The minimum Gasteiger partial charge on any atom is -0.310 e. The molecule has 1 aromatic carbocycles. The molecule has 4 nitrogen and oxygen atoms in total. The van der Waals surface area contributed by atoms with E-state index in [2.05, 4.69) is 5.32 Å². The number of rotatable bonds is 2. The Kier molecular flexibility index (Phi) is 3.94. The summed E-state index contributed by atoms with van der Waals surface area (Å²) in [6, 6.07) is 4.67. The molecule has 0 radical (unpaired) electrons. The summed E-state index contributed by atoms with van der Waals surface area (Å²) in [6.07, 6.45) is -2.20. The number of hydrogen-bond acceptors (Lipinski definition) is 3. The van der Waals surface area contributed by atoms with Gasteiger partial charge in [-0.15, -0.1) is 0 Å². The number of nitrogens with one attached hydrogen (secondary N) is 1. The second-order valence-corrected chi connectivity index (χ2v) is 7.69. The molecule has 2 bridgehead atoms. The van der Waals surface area contributed by atoms with Gasteiger partial charge in [0.05, 0.1) is 10.5 Å². The molecular formula is C14H17F3N2O2S. The molecule has 1 N–H and O–H groups in total. The Labute approximate surface area is 127 Å². The van der Waals surface area contributed by atoms with Crippen LogP contribution in [0, 0.1) is 0 Å². The lowest BCUT2D eigenvalue weighted by molar-refractivity contribution is -0.139. The van der Waals surface area contributed by atoms with Crippen LogP contribution >= 0.6 is 0 Å². The summed E-state index contributed by atoms with van der Waals surface area (Å²) < 4.78 is 65.8. The standard InChI is InChI=1S/C14H17F3N2O2S/c15-14(16,17)12-3-1-2-4-13(12)22(20,21)19-8-7-10-5-6-11(9-19)18-10/h1-4,10-11,18H,5-9H2. The summed E-state index contributed by atoms with van der Waals surface area (Å²) in [4.78, 5) is -0.653. The highest BCUT2D eigenvalue weighted by Crippen LogP contribution is 2.35. The first kappa shape index (κ1) is 15.8. The molecule has 0 aromatic heterocycles. The molecule has 2 unspecified atom stereocenters. The molecule has 0 saturated carbocycles. The number of alkyl halides is 3. The summed E-state index contributed by atoms with van der Waals surface area (Å²) in [6.45, 7) is 0.480. The van der Waals surface area contributed by atoms with Gasteiger partial charge in [0, 0.05) is 25.2 Å². The molecule has 122 valence electrons. The average Bonchev–Trinajstić information content (AvgIpc) is 2.76. The van der Waals surface area contributed by atoms with Crippen molar-refractivity contribution in [1.82, 2.24) is 9.62 Å². The molecule has 2 heterocycles. The molecule has 0 aliphatic carbocycles. The van der Waals surface area contributed by atoms with Crippen molar-refractivity contribution in [2.75, 3.05) is 13.1 Å². The van der Waals surface area contributed by atoms with Crippen molar-refractivity contribution in [2.24, 2.45) is 0 Å². The van der Waals surface area contributed by atoms with Crippen molar-refractivity contribution >= 4 is 10.0 Å². The van der Waals surface area contributed by atoms with Gasteiger partial charge in [0.25, 0.3) is 0 Å². The van der Waals surface area contributed by atoms with E-state index in [-0.39, 0.29) is 25.2 Å². The van der Waals surface area contributed by atoms with Crippen LogP contribution in [0.2, 0.25) is 0 Å². The summed E-state index contributed by atoms with van der Waals surface area (Å²) in [5, 5.41) is 3.32. The molecule has 3 rings (SSSR count). The van der Waals surface area contributed by atoms with Gasteiger partial charge in [-0.3, -0.25) is 0 Å². The van der Waals surface area contributed by atoms with Crippen LogP contribution in [0.1, 0.15) is 24.8 Å². The number of halogens is 3. The van der Waals surface area contributed by atoms with Gasteiger partial charge in [-0.2, -0.15) is 17.5 Å². The molecule has 2 saturated heterocycles. The van der Waals surface area contributed by atoms with Crippen molar-refractivity contribution in [3.63, 3.8) is 0 Å². The highest BCUT2D eigenvalue weighted by atomic mass is 32.2. The zero-order valence-corrected chi connectivity index (χ0v) is 12.6. The molecule has 1 aromatic rings.